The first kappa shape index (κ1) is 14.1. The first-order valence-corrected chi connectivity index (χ1v) is 7.32. The van der Waals surface area contributed by atoms with Crippen LogP contribution in [0.2, 0.25) is 5.15 Å². The van der Waals surface area contributed by atoms with Crippen molar-refractivity contribution in [2.24, 2.45) is 5.92 Å². The van der Waals surface area contributed by atoms with Gasteiger partial charge in [0, 0.05) is 12.6 Å². The van der Waals surface area contributed by atoms with Gasteiger partial charge in [0.1, 0.15) is 11.0 Å². The number of nitrogens with zero attached hydrogens (tertiary/aromatic N) is 3. The van der Waals surface area contributed by atoms with Gasteiger partial charge in [0.25, 0.3) is 0 Å². The zero-order valence-electron chi connectivity index (χ0n) is 11.6. The molecule has 1 aliphatic carbocycles. The predicted octanol–water partition coefficient (Wildman–Crippen LogP) is 4.01. The molecule has 0 spiro atoms. The summed E-state index contributed by atoms with van der Waals surface area (Å²) in [6.45, 7) is 5.37. The number of halogens is 1. The first-order valence-electron chi connectivity index (χ1n) is 6.94. The average Bonchev–Trinajstić information content (AvgIpc) is 2.88. The second-order valence-electron chi connectivity index (χ2n) is 5.63. The van der Waals surface area contributed by atoms with Crippen LogP contribution in [0.25, 0.3) is 0 Å². The van der Waals surface area contributed by atoms with Crippen LogP contribution in [0.4, 0.5) is 5.82 Å². The fourth-order valence-corrected chi connectivity index (χ4v) is 2.94. The van der Waals surface area contributed by atoms with Crippen molar-refractivity contribution >= 4 is 17.4 Å². The maximum absolute atomic E-state index is 9.06. The molecule has 0 unspecified atom stereocenters. The van der Waals surface area contributed by atoms with E-state index in [-0.39, 0.29) is 0 Å². The van der Waals surface area contributed by atoms with Gasteiger partial charge in [-0.05, 0) is 30.9 Å². The van der Waals surface area contributed by atoms with Gasteiger partial charge in [0.05, 0.1) is 11.6 Å². The minimum atomic E-state index is 0.404. The number of pyridine rings is 1. The van der Waals surface area contributed by atoms with Crippen LogP contribution in [0.5, 0.6) is 0 Å². The lowest BCUT2D eigenvalue weighted by atomic mass is 10.1. The van der Waals surface area contributed by atoms with Crippen molar-refractivity contribution in [1.82, 2.24) is 4.98 Å². The Labute approximate surface area is 120 Å². The Hall–Kier alpha value is -1.27. The van der Waals surface area contributed by atoms with Crippen LogP contribution in [0, 0.1) is 17.2 Å². The SMILES string of the molecule is CC(C)CN(c1cc(C#N)cc(Cl)n1)C1CCCC1. The molecule has 102 valence electrons. The molecule has 1 fully saturated rings. The number of nitriles is 1. The van der Waals surface area contributed by atoms with E-state index in [1.54, 1.807) is 6.07 Å². The molecule has 0 aromatic carbocycles. The van der Waals surface area contributed by atoms with Gasteiger partial charge in [0.15, 0.2) is 0 Å². The van der Waals surface area contributed by atoms with Crippen molar-refractivity contribution in [3.05, 3.63) is 22.8 Å². The van der Waals surface area contributed by atoms with Gasteiger partial charge < -0.3 is 4.90 Å². The fourth-order valence-electron chi connectivity index (χ4n) is 2.73. The van der Waals surface area contributed by atoms with E-state index < -0.39 is 0 Å². The lowest BCUT2D eigenvalue weighted by molar-refractivity contribution is 0.531. The molecule has 19 heavy (non-hydrogen) atoms. The molecule has 0 amide bonds. The number of aromatic nitrogens is 1. The molecule has 4 heteroatoms. The summed E-state index contributed by atoms with van der Waals surface area (Å²) in [5.74, 6) is 1.41. The van der Waals surface area contributed by atoms with E-state index in [4.69, 9.17) is 16.9 Å². The van der Waals surface area contributed by atoms with Crippen LogP contribution in [-0.2, 0) is 0 Å². The van der Waals surface area contributed by atoms with E-state index >= 15 is 0 Å². The summed E-state index contributed by atoms with van der Waals surface area (Å²) in [6, 6.07) is 6.17. The maximum Gasteiger partial charge on any atom is 0.132 e. The molecule has 0 atom stereocenters. The molecule has 1 aromatic rings. The average molecular weight is 278 g/mol. The first-order chi connectivity index (χ1) is 9.10. The molecule has 1 aliphatic rings. The predicted molar refractivity (Wildman–Crippen MR) is 78.4 cm³/mol. The highest BCUT2D eigenvalue weighted by Gasteiger charge is 2.24. The van der Waals surface area contributed by atoms with Gasteiger partial charge >= 0.3 is 0 Å². The van der Waals surface area contributed by atoms with Crippen LogP contribution in [0.1, 0.15) is 45.1 Å². The summed E-state index contributed by atoms with van der Waals surface area (Å²) in [7, 11) is 0. The molecule has 1 heterocycles. The van der Waals surface area contributed by atoms with Gasteiger partial charge in [-0.3, -0.25) is 0 Å². The van der Waals surface area contributed by atoms with E-state index in [1.807, 2.05) is 6.07 Å². The second-order valence-corrected chi connectivity index (χ2v) is 6.02. The Morgan fingerprint density at radius 1 is 1.42 bits per heavy atom. The summed E-state index contributed by atoms with van der Waals surface area (Å²) < 4.78 is 0. The molecule has 0 aliphatic heterocycles. The Bertz CT molecular complexity index is 473. The van der Waals surface area contributed by atoms with Gasteiger partial charge in [-0.1, -0.05) is 38.3 Å². The summed E-state index contributed by atoms with van der Waals surface area (Å²) in [5.41, 5.74) is 0.585. The van der Waals surface area contributed by atoms with Gasteiger partial charge in [0.2, 0.25) is 0 Å². The summed E-state index contributed by atoms with van der Waals surface area (Å²) >= 11 is 6.03. The molecule has 0 N–H and O–H groups in total. The lowest BCUT2D eigenvalue weighted by Gasteiger charge is -2.31. The summed E-state index contributed by atoms with van der Waals surface area (Å²) in [5, 5.41) is 9.46. The highest BCUT2D eigenvalue weighted by atomic mass is 35.5. The van der Waals surface area contributed by atoms with Gasteiger partial charge in [-0.25, -0.2) is 4.98 Å². The molecular weight excluding hydrogens is 258 g/mol. The number of rotatable bonds is 4. The van der Waals surface area contributed by atoms with E-state index in [0.29, 0.717) is 22.7 Å². The Morgan fingerprint density at radius 2 is 2.11 bits per heavy atom. The van der Waals surface area contributed by atoms with Crippen LogP contribution >= 0.6 is 11.6 Å². The van der Waals surface area contributed by atoms with Crippen molar-refractivity contribution in [3.8, 4) is 6.07 Å². The Morgan fingerprint density at radius 3 is 2.68 bits per heavy atom. The third-order valence-electron chi connectivity index (χ3n) is 3.53. The quantitative estimate of drug-likeness (QED) is 0.781. The topological polar surface area (TPSA) is 39.9 Å². The van der Waals surface area contributed by atoms with Crippen molar-refractivity contribution < 1.29 is 0 Å². The van der Waals surface area contributed by atoms with E-state index in [2.05, 4.69) is 29.8 Å². The summed E-state index contributed by atoms with van der Waals surface area (Å²) in [6.07, 6.45) is 4.99. The van der Waals surface area contributed by atoms with Crippen LogP contribution in [0.3, 0.4) is 0 Å². The minimum absolute atomic E-state index is 0.404. The van der Waals surface area contributed by atoms with Crippen LogP contribution < -0.4 is 4.90 Å². The smallest absolute Gasteiger partial charge is 0.132 e. The van der Waals surface area contributed by atoms with Crippen molar-refractivity contribution in [2.75, 3.05) is 11.4 Å². The Balaban J connectivity index is 2.31. The number of hydrogen-bond acceptors (Lipinski definition) is 3. The third kappa shape index (κ3) is 3.61. The second kappa shape index (κ2) is 6.25. The van der Waals surface area contributed by atoms with Crippen molar-refractivity contribution in [1.29, 1.82) is 5.26 Å². The Kier molecular flexibility index (Phi) is 4.66. The zero-order chi connectivity index (χ0) is 13.8. The fraction of sp³-hybridized carbons (Fsp3) is 0.600. The maximum atomic E-state index is 9.06. The van der Waals surface area contributed by atoms with Crippen molar-refractivity contribution in [2.45, 2.75) is 45.6 Å². The monoisotopic (exact) mass is 277 g/mol. The van der Waals surface area contributed by atoms with E-state index in [1.165, 1.54) is 25.7 Å². The molecule has 1 saturated carbocycles. The van der Waals surface area contributed by atoms with Crippen molar-refractivity contribution in [3.63, 3.8) is 0 Å². The van der Waals surface area contributed by atoms with Crippen LogP contribution in [0.15, 0.2) is 12.1 Å². The largest absolute Gasteiger partial charge is 0.353 e. The van der Waals surface area contributed by atoms with Crippen LogP contribution in [-0.4, -0.2) is 17.6 Å². The molecule has 0 bridgehead atoms. The molecule has 2 rings (SSSR count). The lowest BCUT2D eigenvalue weighted by Crippen LogP contribution is -2.37. The number of hydrogen-bond donors (Lipinski definition) is 0. The minimum Gasteiger partial charge on any atom is -0.353 e. The molecular formula is C15H20ClN3. The van der Waals surface area contributed by atoms with E-state index in [0.717, 1.165) is 12.4 Å². The molecule has 0 radical (unpaired) electrons. The standard InChI is InChI=1S/C15H20ClN3/c1-11(2)10-19(13-5-3-4-6-13)15-8-12(9-17)7-14(16)18-15/h7-8,11,13H,3-6,10H2,1-2H3. The normalized spacial score (nSPS) is 15.7. The number of anilines is 1. The zero-order valence-corrected chi connectivity index (χ0v) is 12.3. The van der Waals surface area contributed by atoms with E-state index in [9.17, 15) is 0 Å². The summed E-state index contributed by atoms with van der Waals surface area (Å²) in [4.78, 5) is 6.76. The molecule has 3 nitrogen and oxygen atoms in total. The van der Waals surface area contributed by atoms with Gasteiger partial charge in [-0.15, -0.1) is 0 Å². The highest BCUT2D eigenvalue weighted by molar-refractivity contribution is 6.29. The van der Waals surface area contributed by atoms with Gasteiger partial charge in [-0.2, -0.15) is 5.26 Å². The molecule has 0 saturated heterocycles. The molecule has 1 aromatic heterocycles. The third-order valence-corrected chi connectivity index (χ3v) is 3.72. The highest BCUT2D eigenvalue weighted by Crippen LogP contribution is 2.29.